The largest absolute Gasteiger partial charge is 0.495 e. The van der Waals surface area contributed by atoms with Gasteiger partial charge in [-0.2, -0.15) is 5.26 Å². The van der Waals surface area contributed by atoms with E-state index in [9.17, 15) is 4.79 Å². The molecule has 16 heavy (non-hydrogen) atoms. The van der Waals surface area contributed by atoms with Crippen LogP contribution in [0.25, 0.3) is 0 Å². The fourth-order valence-electron chi connectivity index (χ4n) is 1.33. The van der Waals surface area contributed by atoms with E-state index in [4.69, 9.17) is 10.00 Å². The van der Waals surface area contributed by atoms with E-state index in [1.165, 1.54) is 13.2 Å². The molecule has 0 saturated heterocycles. The van der Waals surface area contributed by atoms with Crippen molar-refractivity contribution in [2.24, 2.45) is 0 Å². The molecule has 1 rings (SSSR count). The van der Waals surface area contributed by atoms with Crippen molar-refractivity contribution in [3.05, 3.63) is 23.8 Å². The maximum absolute atomic E-state index is 11.0. The van der Waals surface area contributed by atoms with Crippen LogP contribution >= 0.6 is 0 Å². The second kappa shape index (κ2) is 5.17. The van der Waals surface area contributed by atoms with Crippen molar-refractivity contribution in [3.63, 3.8) is 0 Å². The van der Waals surface area contributed by atoms with E-state index < -0.39 is 5.91 Å². The lowest BCUT2D eigenvalue weighted by atomic mass is 10.0. The first-order chi connectivity index (χ1) is 7.58. The first-order valence-corrected chi connectivity index (χ1v) is 4.97. The molecule has 1 aromatic rings. The van der Waals surface area contributed by atoms with Crippen LogP contribution < -0.4 is 10.1 Å². The molecule has 0 aromatic heterocycles. The molecule has 0 atom stereocenters. The Balaban J connectivity index is 3.08. The summed E-state index contributed by atoms with van der Waals surface area (Å²) in [4.78, 5) is 11.0. The number of methoxy groups -OCH3 is 1. The number of nitriles is 1. The summed E-state index contributed by atoms with van der Waals surface area (Å²) in [6.07, 6.45) is 0. The van der Waals surface area contributed by atoms with Crippen LogP contribution in [-0.4, -0.2) is 13.0 Å². The zero-order valence-electron chi connectivity index (χ0n) is 9.57. The van der Waals surface area contributed by atoms with E-state index in [0.717, 1.165) is 5.56 Å². The van der Waals surface area contributed by atoms with Crippen LogP contribution in [0.5, 0.6) is 5.75 Å². The van der Waals surface area contributed by atoms with Crippen molar-refractivity contribution >= 4 is 11.6 Å². The number of nitrogens with one attached hydrogen (secondary N) is 1. The van der Waals surface area contributed by atoms with Gasteiger partial charge in [-0.3, -0.25) is 4.79 Å². The van der Waals surface area contributed by atoms with Crippen molar-refractivity contribution in [3.8, 4) is 11.8 Å². The summed E-state index contributed by atoms with van der Waals surface area (Å²) in [5.41, 5.74) is 1.61. The second-order valence-corrected chi connectivity index (χ2v) is 3.68. The van der Waals surface area contributed by atoms with Gasteiger partial charge in [0.25, 0.3) is 0 Å². The predicted molar refractivity (Wildman–Crippen MR) is 61.3 cm³/mol. The monoisotopic (exact) mass is 218 g/mol. The normalized spacial score (nSPS) is 9.69. The van der Waals surface area contributed by atoms with Gasteiger partial charge in [-0.1, -0.05) is 19.9 Å². The summed E-state index contributed by atoms with van der Waals surface area (Å²) >= 11 is 0. The lowest BCUT2D eigenvalue weighted by molar-refractivity contribution is -0.111. The van der Waals surface area contributed by atoms with E-state index in [1.54, 1.807) is 6.07 Å². The Morgan fingerprint density at radius 3 is 2.69 bits per heavy atom. The second-order valence-electron chi connectivity index (χ2n) is 3.68. The molecule has 0 aliphatic rings. The predicted octanol–water partition coefficient (Wildman–Crippen LogP) is 2.28. The minimum atomic E-state index is -0.695. The van der Waals surface area contributed by atoms with Gasteiger partial charge in [-0.25, -0.2) is 0 Å². The molecule has 4 heteroatoms. The highest BCUT2D eigenvalue weighted by atomic mass is 16.5. The standard InChI is InChI=1S/C12H14N2O2/c1-8(2)9-4-5-11(16-3)10(6-9)14-12(15)7-13/h4-6,8H,1-3H3,(H,14,15). The molecular weight excluding hydrogens is 204 g/mol. The molecule has 1 amide bonds. The Hall–Kier alpha value is -2.02. The molecule has 0 bridgehead atoms. The number of anilines is 1. The molecule has 0 aliphatic carbocycles. The third kappa shape index (κ3) is 2.74. The van der Waals surface area contributed by atoms with Crippen molar-refractivity contribution in [2.45, 2.75) is 19.8 Å². The zero-order chi connectivity index (χ0) is 12.1. The molecular formula is C12H14N2O2. The first kappa shape index (κ1) is 12.1. The van der Waals surface area contributed by atoms with Gasteiger partial charge in [0.1, 0.15) is 5.75 Å². The van der Waals surface area contributed by atoms with Crippen molar-refractivity contribution in [2.75, 3.05) is 12.4 Å². The van der Waals surface area contributed by atoms with Crippen molar-refractivity contribution in [1.29, 1.82) is 5.26 Å². The quantitative estimate of drug-likeness (QED) is 0.791. The summed E-state index contributed by atoms with van der Waals surface area (Å²) < 4.78 is 5.10. The molecule has 4 nitrogen and oxygen atoms in total. The van der Waals surface area contributed by atoms with Crippen LogP contribution in [0, 0.1) is 11.3 Å². The third-order valence-corrected chi connectivity index (χ3v) is 2.24. The number of nitrogens with zero attached hydrogens (tertiary/aromatic N) is 1. The Labute approximate surface area is 94.8 Å². The van der Waals surface area contributed by atoms with Crippen LogP contribution in [0.4, 0.5) is 5.69 Å². The molecule has 0 heterocycles. The lowest BCUT2D eigenvalue weighted by Crippen LogP contribution is -2.09. The summed E-state index contributed by atoms with van der Waals surface area (Å²) in [5.74, 6) is 0.204. The van der Waals surface area contributed by atoms with Gasteiger partial charge >= 0.3 is 5.91 Å². The average molecular weight is 218 g/mol. The molecule has 0 spiro atoms. The smallest absolute Gasteiger partial charge is 0.326 e. The third-order valence-electron chi connectivity index (χ3n) is 2.24. The maximum atomic E-state index is 11.0. The van der Waals surface area contributed by atoms with Crippen LogP contribution in [0.3, 0.4) is 0 Å². The van der Waals surface area contributed by atoms with Gasteiger partial charge in [0.15, 0.2) is 6.07 Å². The van der Waals surface area contributed by atoms with Crippen molar-refractivity contribution in [1.82, 2.24) is 0 Å². The number of ether oxygens (including phenoxy) is 1. The summed E-state index contributed by atoms with van der Waals surface area (Å²) in [7, 11) is 1.52. The van der Waals surface area contributed by atoms with Crippen LogP contribution in [-0.2, 0) is 4.79 Å². The summed E-state index contributed by atoms with van der Waals surface area (Å²) in [6, 6.07) is 7.04. The van der Waals surface area contributed by atoms with Crippen LogP contribution in [0.2, 0.25) is 0 Å². The Kier molecular flexibility index (Phi) is 3.90. The highest BCUT2D eigenvalue weighted by Gasteiger charge is 2.09. The SMILES string of the molecule is COc1ccc(C(C)C)cc1NC(=O)C#N. The fraction of sp³-hybridized carbons (Fsp3) is 0.333. The van der Waals surface area contributed by atoms with Gasteiger partial charge in [0.05, 0.1) is 12.8 Å². The van der Waals surface area contributed by atoms with E-state index >= 15 is 0 Å². The number of hydrogen-bond donors (Lipinski definition) is 1. The minimum absolute atomic E-state index is 0.351. The molecule has 0 fully saturated rings. The number of benzene rings is 1. The van der Waals surface area contributed by atoms with Gasteiger partial charge in [0.2, 0.25) is 0 Å². The van der Waals surface area contributed by atoms with E-state index in [2.05, 4.69) is 19.2 Å². The van der Waals surface area contributed by atoms with Crippen molar-refractivity contribution < 1.29 is 9.53 Å². The molecule has 1 N–H and O–H groups in total. The minimum Gasteiger partial charge on any atom is -0.495 e. The first-order valence-electron chi connectivity index (χ1n) is 4.97. The molecule has 0 saturated carbocycles. The fourth-order valence-corrected chi connectivity index (χ4v) is 1.33. The maximum Gasteiger partial charge on any atom is 0.326 e. The lowest BCUT2D eigenvalue weighted by Gasteiger charge is -2.12. The average Bonchev–Trinajstić information content (AvgIpc) is 2.28. The topological polar surface area (TPSA) is 62.1 Å². The Morgan fingerprint density at radius 2 is 2.19 bits per heavy atom. The molecule has 1 aromatic carbocycles. The number of carbonyl (C=O) groups excluding carboxylic acids is 1. The van der Waals surface area contributed by atoms with E-state index in [0.29, 0.717) is 17.4 Å². The Bertz CT molecular complexity index is 433. The number of amides is 1. The summed E-state index contributed by atoms with van der Waals surface area (Å²) in [5, 5.41) is 10.9. The van der Waals surface area contributed by atoms with E-state index in [-0.39, 0.29) is 0 Å². The highest BCUT2D eigenvalue weighted by molar-refractivity contribution is 6.03. The van der Waals surface area contributed by atoms with Gasteiger partial charge in [0, 0.05) is 0 Å². The number of carbonyl (C=O) groups is 1. The number of rotatable bonds is 3. The molecule has 0 radical (unpaired) electrons. The van der Waals surface area contributed by atoms with Crippen LogP contribution in [0.15, 0.2) is 18.2 Å². The number of hydrogen-bond acceptors (Lipinski definition) is 3. The molecule has 84 valence electrons. The molecule has 0 unspecified atom stereocenters. The van der Waals surface area contributed by atoms with Gasteiger partial charge in [-0.05, 0) is 23.6 Å². The molecule has 0 aliphatic heterocycles. The van der Waals surface area contributed by atoms with E-state index in [1.807, 2.05) is 12.1 Å². The Morgan fingerprint density at radius 1 is 1.50 bits per heavy atom. The van der Waals surface area contributed by atoms with Gasteiger partial charge in [-0.15, -0.1) is 0 Å². The van der Waals surface area contributed by atoms with Crippen LogP contribution in [0.1, 0.15) is 25.3 Å². The van der Waals surface area contributed by atoms with Gasteiger partial charge < -0.3 is 10.1 Å². The highest BCUT2D eigenvalue weighted by Crippen LogP contribution is 2.28. The summed E-state index contributed by atoms with van der Waals surface area (Å²) in [6.45, 7) is 4.11. The zero-order valence-corrected chi connectivity index (χ0v) is 9.57.